The SMILES string of the molecule is O=C(c1cccc(C#CCCO)c1)N1CC2CCC(C1)O2. The molecule has 2 unspecified atom stereocenters. The van der Waals surface area contributed by atoms with Crippen LogP contribution in [-0.2, 0) is 4.74 Å². The lowest BCUT2D eigenvalue weighted by Crippen LogP contribution is -2.45. The summed E-state index contributed by atoms with van der Waals surface area (Å²) in [5.41, 5.74) is 1.48. The lowest BCUT2D eigenvalue weighted by molar-refractivity contribution is -0.0303. The second kappa shape index (κ2) is 6.30. The van der Waals surface area contributed by atoms with Gasteiger partial charge in [-0.3, -0.25) is 4.79 Å². The molecule has 3 rings (SSSR count). The molecular weight excluding hydrogens is 266 g/mol. The van der Waals surface area contributed by atoms with Gasteiger partial charge >= 0.3 is 0 Å². The molecule has 0 spiro atoms. The number of benzene rings is 1. The number of carbonyl (C=O) groups is 1. The number of rotatable bonds is 2. The Kier molecular flexibility index (Phi) is 4.23. The van der Waals surface area contributed by atoms with Gasteiger partial charge in [-0.25, -0.2) is 0 Å². The van der Waals surface area contributed by atoms with E-state index >= 15 is 0 Å². The quantitative estimate of drug-likeness (QED) is 0.836. The van der Waals surface area contributed by atoms with Gasteiger partial charge in [0.25, 0.3) is 5.91 Å². The minimum Gasteiger partial charge on any atom is -0.395 e. The first-order valence-corrected chi connectivity index (χ1v) is 7.41. The van der Waals surface area contributed by atoms with Crippen molar-refractivity contribution in [2.75, 3.05) is 19.7 Å². The van der Waals surface area contributed by atoms with Crippen LogP contribution in [0.5, 0.6) is 0 Å². The molecule has 1 aromatic carbocycles. The molecule has 2 heterocycles. The summed E-state index contributed by atoms with van der Waals surface area (Å²) in [6.45, 7) is 1.44. The van der Waals surface area contributed by atoms with E-state index in [0.29, 0.717) is 25.1 Å². The maximum absolute atomic E-state index is 12.6. The number of aliphatic hydroxyl groups excluding tert-OH is 1. The highest BCUT2D eigenvalue weighted by atomic mass is 16.5. The van der Waals surface area contributed by atoms with E-state index in [0.717, 1.165) is 18.4 Å². The third-order valence-corrected chi connectivity index (χ3v) is 3.91. The lowest BCUT2D eigenvalue weighted by Gasteiger charge is -2.32. The van der Waals surface area contributed by atoms with E-state index in [1.165, 1.54) is 0 Å². The molecule has 110 valence electrons. The molecule has 1 aromatic rings. The summed E-state index contributed by atoms with van der Waals surface area (Å²) in [5.74, 6) is 5.90. The topological polar surface area (TPSA) is 49.8 Å². The van der Waals surface area contributed by atoms with Crippen LogP contribution in [0, 0.1) is 11.8 Å². The predicted molar refractivity (Wildman–Crippen MR) is 78.8 cm³/mol. The Morgan fingerprint density at radius 1 is 1.33 bits per heavy atom. The molecule has 2 atom stereocenters. The minimum atomic E-state index is 0.0565. The molecule has 0 saturated carbocycles. The Morgan fingerprint density at radius 2 is 2.10 bits per heavy atom. The summed E-state index contributed by atoms with van der Waals surface area (Å²) >= 11 is 0. The number of ether oxygens (including phenoxy) is 1. The van der Waals surface area contributed by atoms with Gasteiger partial charge in [0.15, 0.2) is 0 Å². The maximum Gasteiger partial charge on any atom is 0.254 e. The average molecular weight is 285 g/mol. The lowest BCUT2D eigenvalue weighted by atomic mass is 10.1. The Bertz CT molecular complexity index is 575. The van der Waals surface area contributed by atoms with Gasteiger partial charge in [-0.15, -0.1) is 0 Å². The highest BCUT2D eigenvalue weighted by molar-refractivity contribution is 5.94. The van der Waals surface area contributed by atoms with Gasteiger partial charge < -0.3 is 14.7 Å². The normalized spacial score (nSPS) is 23.6. The van der Waals surface area contributed by atoms with Crippen LogP contribution in [0.15, 0.2) is 24.3 Å². The van der Waals surface area contributed by atoms with Crippen LogP contribution in [0.25, 0.3) is 0 Å². The van der Waals surface area contributed by atoms with E-state index in [1.807, 2.05) is 29.2 Å². The number of aliphatic hydroxyl groups is 1. The molecule has 2 fully saturated rings. The second-order valence-corrected chi connectivity index (χ2v) is 5.52. The number of likely N-dealkylation sites (tertiary alicyclic amines) is 1. The van der Waals surface area contributed by atoms with Crippen molar-refractivity contribution in [1.29, 1.82) is 0 Å². The zero-order chi connectivity index (χ0) is 14.7. The standard InChI is InChI=1S/C17H19NO3/c19-9-2-1-4-13-5-3-6-14(10-13)17(20)18-11-15-7-8-16(12-18)21-15/h3,5-6,10,15-16,19H,2,7-9,11-12H2. The molecule has 4 nitrogen and oxygen atoms in total. The fraction of sp³-hybridized carbons (Fsp3) is 0.471. The van der Waals surface area contributed by atoms with E-state index in [4.69, 9.17) is 9.84 Å². The smallest absolute Gasteiger partial charge is 0.254 e. The van der Waals surface area contributed by atoms with E-state index in [-0.39, 0.29) is 24.7 Å². The van der Waals surface area contributed by atoms with E-state index in [9.17, 15) is 4.79 Å². The predicted octanol–water partition coefficient (Wildman–Crippen LogP) is 1.42. The summed E-state index contributed by atoms with van der Waals surface area (Å²) < 4.78 is 5.76. The van der Waals surface area contributed by atoms with E-state index in [1.54, 1.807) is 0 Å². The van der Waals surface area contributed by atoms with Crippen molar-refractivity contribution in [3.63, 3.8) is 0 Å². The highest BCUT2D eigenvalue weighted by Crippen LogP contribution is 2.27. The number of hydrogen-bond donors (Lipinski definition) is 1. The van der Waals surface area contributed by atoms with Gasteiger partial charge in [0.1, 0.15) is 0 Å². The Hall–Kier alpha value is -1.83. The third-order valence-electron chi connectivity index (χ3n) is 3.91. The fourth-order valence-corrected chi connectivity index (χ4v) is 2.91. The summed E-state index contributed by atoms with van der Waals surface area (Å²) in [4.78, 5) is 14.5. The van der Waals surface area contributed by atoms with Gasteiger partial charge in [-0.1, -0.05) is 17.9 Å². The monoisotopic (exact) mass is 285 g/mol. The van der Waals surface area contributed by atoms with Crippen molar-refractivity contribution < 1.29 is 14.6 Å². The zero-order valence-corrected chi connectivity index (χ0v) is 11.9. The van der Waals surface area contributed by atoms with Crippen LogP contribution >= 0.6 is 0 Å². The minimum absolute atomic E-state index is 0.0565. The number of nitrogens with zero attached hydrogens (tertiary/aromatic N) is 1. The van der Waals surface area contributed by atoms with Crippen molar-refractivity contribution in [2.45, 2.75) is 31.5 Å². The molecule has 1 N–H and O–H groups in total. The molecule has 2 aliphatic heterocycles. The van der Waals surface area contributed by atoms with Gasteiger partial charge in [-0.2, -0.15) is 0 Å². The number of hydrogen-bond acceptors (Lipinski definition) is 3. The van der Waals surface area contributed by atoms with Gasteiger partial charge in [0, 0.05) is 30.6 Å². The molecule has 0 aromatic heterocycles. The van der Waals surface area contributed by atoms with Crippen LogP contribution in [0.4, 0.5) is 0 Å². The number of morpholine rings is 1. The van der Waals surface area contributed by atoms with Crippen molar-refractivity contribution >= 4 is 5.91 Å². The first-order chi connectivity index (χ1) is 10.3. The maximum atomic E-state index is 12.6. The largest absolute Gasteiger partial charge is 0.395 e. The highest BCUT2D eigenvalue weighted by Gasteiger charge is 2.35. The third kappa shape index (κ3) is 3.26. The number of fused-ring (bicyclic) bond motifs is 2. The van der Waals surface area contributed by atoms with Crippen LogP contribution < -0.4 is 0 Å². The molecule has 21 heavy (non-hydrogen) atoms. The Morgan fingerprint density at radius 3 is 2.81 bits per heavy atom. The summed E-state index contributed by atoms with van der Waals surface area (Å²) in [6, 6.07) is 7.39. The second-order valence-electron chi connectivity index (χ2n) is 5.52. The molecule has 2 aliphatic rings. The van der Waals surface area contributed by atoms with Crippen molar-refractivity contribution in [2.24, 2.45) is 0 Å². The van der Waals surface area contributed by atoms with Crippen molar-refractivity contribution in [1.82, 2.24) is 4.90 Å². The number of carbonyl (C=O) groups excluding carboxylic acids is 1. The first kappa shape index (κ1) is 14.1. The molecule has 2 bridgehead atoms. The van der Waals surface area contributed by atoms with Crippen molar-refractivity contribution in [3.05, 3.63) is 35.4 Å². The van der Waals surface area contributed by atoms with Crippen LogP contribution in [0.3, 0.4) is 0 Å². The van der Waals surface area contributed by atoms with Gasteiger partial charge in [0.2, 0.25) is 0 Å². The molecular formula is C17H19NO3. The number of amides is 1. The Labute approximate surface area is 124 Å². The Balaban J connectivity index is 1.73. The first-order valence-electron chi connectivity index (χ1n) is 7.41. The molecule has 2 saturated heterocycles. The van der Waals surface area contributed by atoms with Gasteiger partial charge in [0.05, 0.1) is 18.8 Å². The summed E-state index contributed by atoms with van der Waals surface area (Å²) in [5, 5.41) is 8.74. The fourth-order valence-electron chi connectivity index (χ4n) is 2.91. The van der Waals surface area contributed by atoms with Crippen LogP contribution in [-0.4, -0.2) is 47.8 Å². The van der Waals surface area contributed by atoms with Gasteiger partial charge in [-0.05, 0) is 31.0 Å². The van der Waals surface area contributed by atoms with Crippen LogP contribution in [0.2, 0.25) is 0 Å². The average Bonchev–Trinajstić information content (AvgIpc) is 2.85. The molecule has 0 aliphatic carbocycles. The molecule has 1 amide bonds. The zero-order valence-electron chi connectivity index (χ0n) is 11.9. The van der Waals surface area contributed by atoms with E-state index in [2.05, 4.69) is 11.8 Å². The van der Waals surface area contributed by atoms with Crippen LogP contribution in [0.1, 0.15) is 35.2 Å². The summed E-state index contributed by atoms with van der Waals surface area (Å²) in [6.07, 6.45) is 2.98. The molecule has 0 radical (unpaired) electrons. The van der Waals surface area contributed by atoms with Crippen molar-refractivity contribution in [3.8, 4) is 11.8 Å². The summed E-state index contributed by atoms with van der Waals surface area (Å²) in [7, 11) is 0. The molecule has 4 heteroatoms. The van der Waals surface area contributed by atoms with E-state index < -0.39 is 0 Å².